The lowest BCUT2D eigenvalue weighted by Crippen LogP contribution is -2.04. The molecule has 0 amide bonds. The molecule has 18 heavy (non-hydrogen) atoms. The van der Waals surface area contributed by atoms with E-state index in [4.69, 9.17) is 0 Å². The Kier molecular flexibility index (Phi) is 3.88. The number of ether oxygens (including phenoxy) is 1. The number of pyridine rings is 1. The van der Waals surface area contributed by atoms with Crippen molar-refractivity contribution in [1.29, 1.82) is 0 Å². The van der Waals surface area contributed by atoms with Crippen molar-refractivity contribution in [3.05, 3.63) is 40.7 Å². The molecule has 2 heterocycles. The molecule has 0 unspecified atom stereocenters. The fourth-order valence-corrected chi connectivity index (χ4v) is 2.10. The molecule has 0 spiro atoms. The third kappa shape index (κ3) is 3.04. The van der Waals surface area contributed by atoms with Gasteiger partial charge in [-0.2, -0.15) is 0 Å². The number of aromatic nitrogens is 2. The number of aryl methyl sites for hydroxylation is 1. The van der Waals surface area contributed by atoms with Crippen LogP contribution >= 0.6 is 11.3 Å². The van der Waals surface area contributed by atoms with Crippen molar-refractivity contribution < 1.29 is 9.53 Å². The second-order valence-electron chi connectivity index (χ2n) is 3.65. The van der Waals surface area contributed by atoms with Gasteiger partial charge in [-0.15, -0.1) is 11.3 Å². The van der Waals surface area contributed by atoms with Crippen LogP contribution in [-0.4, -0.2) is 23.0 Å². The van der Waals surface area contributed by atoms with Crippen molar-refractivity contribution in [2.75, 3.05) is 12.4 Å². The highest BCUT2D eigenvalue weighted by Gasteiger charge is 2.10. The molecule has 1 N–H and O–H groups in total. The Balaban J connectivity index is 1.98. The van der Waals surface area contributed by atoms with Crippen molar-refractivity contribution >= 4 is 22.4 Å². The highest BCUT2D eigenvalue weighted by molar-refractivity contribution is 7.13. The molecule has 2 aromatic heterocycles. The summed E-state index contributed by atoms with van der Waals surface area (Å²) >= 11 is 1.37. The summed E-state index contributed by atoms with van der Waals surface area (Å²) in [5, 5.41) is 5.47. The lowest BCUT2D eigenvalue weighted by atomic mass is 10.3. The second kappa shape index (κ2) is 5.59. The zero-order valence-electron chi connectivity index (χ0n) is 10.1. The molecule has 2 aromatic rings. The van der Waals surface area contributed by atoms with Gasteiger partial charge in [-0.05, 0) is 19.1 Å². The first-order valence-corrected chi connectivity index (χ1v) is 6.27. The van der Waals surface area contributed by atoms with E-state index in [2.05, 4.69) is 20.0 Å². The van der Waals surface area contributed by atoms with E-state index in [-0.39, 0.29) is 0 Å². The molecule has 0 aliphatic carbocycles. The number of thiazole rings is 1. The lowest BCUT2D eigenvalue weighted by molar-refractivity contribution is 0.0595. The van der Waals surface area contributed by atoms with Crippen LogP contribution in [0.1, 0.15) is 21.9 Å². The van der Waals surface area contributed by atoms with E-state index < -0.39 is 5.97 Å². The maximum absolute atomic E-state index is 11.2. The summed E-state index contributed by atoms with van der Waals surface area (Å²) < 4.78 is 4.59. The molecule has 0 fully saturated rings. The van der Waals surface area contributed by atoms with Crippen LogP contribution in [0.25, 0.3) is 0 Å². The topological polar surface area (TPSA) is 64.1 Å². The van der Waals surface area contributed by atoms with Crippen LogP contribution in [0.2, 0.25) is 0 Å². The minimum absolute atomic E-state index is 0.321. The maximum atomic E-state index is 11.2. The zero-order valence-corrected chi connectivity index (χ0v) is 11.0. The number of nitrogens with zero attached hydrogens (tertiary/aromatic N) is 2. The Bertz CT molecular complexity index is 554. The molecule has 94 valence electrons. The van der Waals surface area contributed by atoms with Crippen molar-refractivity contribution in [2.45, 2.75) is 13.5 Å². The van der Waals surface area contributed by atoms with Crippen LogP contribution in [-0.2, 0) is 11.3 Å². The summed E-state index contributed by atoms with van der Waals surface area (Å²) in [7, 11) is 1.34. The van der Waals surface area contributed by atoms with E-state index in [0.717, 1.165) is 11.4 Å². The average molecular weight is 263 g/mol. The van der Waals surface area contributed by atoms with Gasteiger partial charge in [0.2, 0.25) is 0 Å². The van der Waals surface area contributed by atoms with Gasteiger partial charge in [0.1, 0.15) is 0 Å². The van der Waals surface area contributed by atoms with Crippen LogP contribution < -0.4 is 5.32 Å². The molecule has 0 atom stereocenters. The summed E-state index contributed by atoms with van der Waals surface area (Å²) in [6.45, 7) is 2.53. The van der Waals surface area contributed by atoms with Gasteiger partial charge in [-0.25, -0.2) is 9.78 Å². The normalized spacial score (nSPS) is 10.1. The van der Waals surface area contributed by atoms with E-state index in [1.807, 2.05) is 25.1 Å². The van der Waals surface area contributed by atoms with E-state index in [1.165, 1.54) is 18.4 Å². The van der Waals surface area contributed by atoms with E-state index in [1.54, 1.807) is 5.38 Å². The molecule has 6 heteroatoms. The van der Waals surface area contributed by atoms with Gasteiger partial charge in [-0.1, -0.05) is 6.07 Å². The Morgan fingerprint density at radius 3 is 3.00 bits per heavy atom. The second-order valence-corrected chi connectivity index (χ2v) is 4.51. The number of anilines is 1. The average Bonchev–Trinajstić information content (AvgIpc) is 2.84. The van der Waals surface area contributed by atoms with Crippen LogP contribution in [0.3, 0.4) is 0 Å². The van der Waals surface area contributed by atoms with Gasteiger partial charge < -0.3 is 10.1 Å². The first-order valence-electron chi connectivity index (χ1n) is 5.39. The molecule has 5 nitrogen and oxygen atoms in total. The van der Waals surface area contributed by atoms with Gasteiger partial charge in [0, 0.05) is 11.1 Å². The minimum atomic E-state index is -0.423. The first kappa shape index (κ1) is 12.5. The Labute approximate surface area is 109 Å². The number of esters is 1. The van der Waals surface area contributed by atoms with Crippen molar-refractivity contribution in [3.8, 4) is 0 Å². The molecule has 0 saturated carbocycles. The summed E-state index contributed by atoms with van der Waals surface area (Å²) in [4.78, 5) is 19.7. The van der Waals surface area contributed by atoms with Gasteiger partial charge in [0.05, 0.1) is 19.3 Å². The van der Waals surface area contributed by atoms with Crippen LogP contribution in [0.15, 0.2) is 23.6 Å². The molecule has 0 radical (unpaired) electrons. The summed E-state index contributed by atoms with van der Waals surface area (Å²) in [5.74, 6) is -0.423. The molecule has 0 aliphatic heterocycles. The van der Waals surface area contributed by atoms with Gasteiger partial charge in [-0.3, -0.25) is 4.98 Å². The smallest absolute Gasteiger partial charge is 0.357 e. The Morgan fingerprint density at radius 2 is 2.28 bits per heavy atom. The number of nitrogens with one attached hydrogen (secondary N) is 1. The monoisotopic (exact) mass is 263 g/mol. The lowest BCUT2D eigenvalue weighted by Gasteiger charge is -2.02. The fraction of sp³-hybridized carbons (Fsp3) is 0.250. The van der Waals surface area contributed by atoms with Crippen molar-refractivity contribution in [3.63, 3.8) is 0 Å². The third-order valence-electron chi connectivity index (χ3n) is 2.27. The predicted octanol–water partition coefficient (Wildman–Crippen LogP) is 2.25. The quantitative estimate of drug-likeness (QED) is 0.857. The van der Waals surface area contributed by atoms with Gasteiger partial charge in [0.15, 0.2) is 10.8 Å². The number of rotatable bonds is 4. The largest absolute Gasteiger partial charge is 0.464 e. The van der Waals surface area contributed by atoms with Gasteiger partial charge in [0.25, 0.3) is 0 Å². The minimum Gasteiger partial charge on any atom is -0.464 e. The van der Waals surface area contributed by atoms with E-state index in [0.29, 0.717) is 17.4 Å². The fourth-order valence-electron chi connectivity index (χ4n) is 1.42. The van der Waals surface area contributed by atoms with Gasteiger partial charge >= 0.3 is 5.97 Å². The molecular weight excluding hydrogens is 250 g/mol. The molecule has 0 bridgehead atoms. The maximum Gasteiger partial charge on any atom is 0.357 e. The summed E-state index contributed by atoms with van der Waals surface area (Å²) in [5.41, 5.74) is 2.23. The molecule has 0 aromatic carbocycles. The summed E-state index contributed by atoms with van der Waals surface area (Å²) in [6, 6.07) is 5.85. The standard InChI is InChI=1S/C12H13N3O2S/c1-8-4-3-5-9(14-8)6-13-12-15-10(7-18-12)11(16)17-2/h3-5,7H,6H2,1-2H3,(H,13,15). The Morgan fingerprint density at radius 1 is 1.44 bits per heavy atom. The van der Waals surface area contributed by atoms with Crippen LogP contribution in [0.5, 0.6) is 0 Å². The third-order valence-corrected chi connectivity index (χ3v) is 3.07. The SMILES string of the molecule is COC(=O)c1csc(NCc2cccc(C)n2)n1. The van der Waals surface area contributed by atoms with Crippen molar-refractivity contribution in [2.24, 2.45) is 0 Å². The van der Waals surface area contributed by atoms with Crippen LogP contribution in [0, 0.1) is 6.92 Å². The van der Waals surface area contributed by atoms with Crippen molar-refractivity contribution in [1.82, 2.24) is 9.97 Å². The predicted molar refractivity (Wildman–Crippen MR) is 69.8 cm³/mol. The summed E-state index contributed by atoms with van der Waals surface area (Å²) in [6.07, 6.45) is 0. The highest BCUT2D eigenvalue weighted by Crippen LogP contribution is 2.16. The van der Waals surface area contributed by atoms with E-state index in [9.17, 15) is 4.79 Å². The Hall–Kier alpha value is -1.95. The number of hydrogen-bond acceptors (Lipinski definition) is 6. The molecular formula is C12H13N3O2S. The molecule has 0 aliphatic rings. The van der Waals surface area contributed by atoms with Crippen LogP contribution in [0.4, 0.5) is 5.13 Å². The number of hydrogen-bond donors (Lipinski definition) is 1. The van der Waals surface area contributed by atoms with E-state index >= 15 is 0 Å². The first-order chi connectivity index (χ1) is 8.69. The highest BCUT2D eigenvalue weighted by atomic mass is 32.1. The number of carbonyl (C=O) groups excluding carboxylic acids is 1. The number of carbonyl (C=O) groups is 1. The zero-order chi connectivity index (χ0) is 13.0. The number of methoxy groups -OCH3 is 1. The molecule has 2 rings (SSSR count). The molecule has 0 saturated heterocycles.